The highest BCUT2D eigenvalue weighted by Crippen LogP contribution is 2.72. The Labute approximate surface area is 102 Å². The molecule has 0 amide bonds. The SMILES string of the molecule is Cc1ccc(S(=O)(=O)[C@H]2C3C[C@@H]4C2[C@@H]4C3)cc1. The van der Waals surface area contributed by atoms with Crippen molar-refractivity contribution >= 4 is 9.84 Å². The van der Waals surface area contributed by atoms with Gasteiger partial charge in [0.05, 0.1) is 10.1 Å². The largest absolute Gasteiger partial charge is 0.223 e. The summed E-state index contributed by atoms with van der Waals surface area (Å²) >= 11 is 0. The van der Waals surface area contributed by atoms with E-state index in [1.54, 1.807) is 12.1 Å². The minimum atomic E-state index is -3.07. The third-order valence-corrected chi connectivity index (χ3v) is 7.44. The molecule has 2 nitrogen and oxygen atoms in total. The number of rotatable bonds is 2. The van der Waals surface area contributed by atoms with E-state index in [4.69, 9.17) is 0 Å². The Morgan fingerprint density at radius 2 is 1.65 bits per heavy atom. The van der Waals surface area contributed by atoms with Crippen molar-refractivity contribution in [1.82, 2.24) is 0 Å². The molecule has 4 aliphatic carbocycles. The van der Waals surface area contributed by atoms with E-state index in [2.05, 4.69) is 0 Å². The lowest BCUT2D eigenvalue weighted by molar-refractivity contribution is 0.542. The molecule has 0 radical (unpaired) electrons. The maximum absolute atomic E-state index is 12.6. The molecule has 0 N–H and O–H groups in total. The van der Waals surface area contributed by atoms with Crippen LogP contribution in [0.25, 0.3) is 0 Å². The van der Waals surface area contributed by atoms with Crippen molar-refractivity contribution in [2.24, 2.45) is 23.7 Å². The van der Waals surface area contributed by atoms with Crippen molar-refractivity contribution in [2.45, 2.75) is 29.9 Å². The Morgan fingerprint density at radius 3 is 2.12 bits per heavy atom. The first-order valence-electron chi connectivity index (χ1n) is 6.39. The van der Waals surface area contributed by atoms with Gasteiger partial charge < -0.3 is 0 Å². The predicted molar refractivity (Wildman–Crippen MR) is 65.3 cm³/mol. The Kier molecular flexibility index (Phi) is 1.75. The van der Waals surface area contributed by atoms with E-state index in [0.29, 0.717) is 16.7 Å². The molecule has 0 aromatic heterocycles. The predicted octanol–water partition coefficient (Wildman–Crippen LogP) is 2.42. The number of sulfone groups is 1. The van der Waals surface area contributed by atoms with Gasteiger partial charge >= 0.3 is 0 Å². The summed E-state index contributed by atoms with van der Waals surface area (Å²) in [7, 11) is -3.07. The molecule has 0 aliphatic heterocycles. The average molecular weight is 248 g/mol. The van der Waals surface area contributed by atoms with Gasteiger partial charge in [0.1, 0.15) is 0 Å². The molecule has 0 heterocycles. The molecule has 0 saturated heterocycles. The topological polar surface area (TPSA) is 34.1 Å². The molecule has 5 atom stereocenters. The fourth-order valence-corrected chi connectivity index (χ4v) is 6.73. The molecule has 2 unspecified atom stereocenters. The smallest absolute Gasteiger partial charge is 0.181 e. The second-order valence-electron chi connectivity index (χ2n) is 5.96. The summed E-state index contributed by atoms with van der Waals surface area (Å²) in [6.07, 6.45) is 2.34. The summed E-state index contributed by atoms with van der Waals surface area (Å²) in [6, 6.07) is 7.35. The monoisotopic (exact) mass is 248 g/mol. The second-order valence-corrected chi connectivity index (χ2v) is 8.06. The molecular weight excluding hydrogens is 232 g/mol. The summed E-state index contributed by atoms with van der Waals surface area (Å²) in [6.45, 7) is 1.99. The van der Waals surface area contributed by atoms with E-state index >= 15 is 0 Å². The van der Waals surface area contributed by atoms with E-state index in [1.807, 2.05) is 19.1 Å². The Morgan fingerprint density at radius 1 is 1.06 bits per heavy atom. The standard InChI is InChI=1S/C14H16O2S/c1-8-2-4-10(5-3-8)17(15,16)14-9-6-11-12(7-9)13(11)14/h2-5,9,11-14H,6-7H2,1H3/t9?,11-,12+,13?,14-/m0/s1. The molecule has 4 saturated carbocycles. The second kappa shape index (κ2) is 2.94. The third kappa shape index (κ3) is 1.18. The minimum absolute atomic E-state index is 0.0554. The lowest BCUT2D eigenvalue weighted by Crippen LogP contribution is -2.25. The highest BCUT2D eigenvalue weighted by molar-refractivity contribution is 7.92. The molecule has 17 heavy (non-hydrogen) atoms. The molecule has 5 rings (SSSR count). The molecule has 4 fully saturated rings. The van der Waals surface area contributed by atoms with Crippen LogP contribution in [-0.2, 0) is 9.84 Å². The highest BCUT2D eigenvalue weighted by Gasteiger charge is 2.71. The fourth-order valence-electron chi connectivity index (χ4n) is 4.35. The van der Waals surface area contributed by atoms with Gasteiger partial charge in [-0.15, -0.1) is 0 Å². The Bertz CT molecular complexity index is 559. The van der Waals surface area contributed by atoms with Gasteiger partial charge in [-0.1, -0.05) is 17.7 Å². The Hall–Kier alpha value is -0.830. The van der Waals surface area contributed by atoms with Crippen LogP contribution >= 0.6 is 0 Å². The summed E-state index contributed by atoms with van der Waals surface area (Å²) in [4.78, 5) is 0.534. The summed E-state index contributed by atoms with van der Waals surface area (Å²) in [5.74, 6) is 2.48. The fraction of sp³-hybridized carbons (Fsp3) is 0.571. The number of hydrogen-bond acceptors (Lipinski definition) is 2. The molecule has 1 aromatic carbocycles. The highest BCUT2D eigenvalue weighted by atomic mass is 32.2. The van der Waals surface area contributed by atoms with Gasteiger partial charge in [-0.05, 0) is 55.6 Å². The van der Waals surface area contributed by atoms with E-state index in [-0.39, 0.29) is 5.25 Å². The van der Waals surface area contributed by atoms with Gasteiger partial charge in [-0.2, -0.15) is 0 Å². The Balaban J connectivity index is 1.75. The maximum atomic E-state index is 12.6. The molecule has 4 aliphatic rings. The van der Waals surface area contributed by atoms with Gasteiger partial charge in [-0.3, -0.25) is 0 Å². The quantitative estimate of drug-likeness (QED) is 0.805. The van der Waals surface area contributed by atoms with Gasteiger partial charge in [0.25, 0.3) is 0 Å². The average Bonchev–Trinajstić information content (AvgIpc) is 2.76. The van der Waals surface area contributed by atoms with Crippen LogP contribution in [0, 0.1) is 30.6 Å². The van der Waals surface area contributed by atoms with Gasteiger partial charge in [0.15, 0.2) is 9.84 Å². The van der Waals surface area contributed by atoms with Crippen LogP contribution in [0.5, 0.6) is 0 Å². The van der Waals surface area contributed by atoms with Crippen molar-refractivity contribution in [2.75, 3.05) is 0 Å². The normalized spacial score (nSPS) is 41.8. The van der Waals surface area contributed by atoms with E-state index in [9.17, 15) is 8.42 Å². The van der Waals surface area contributed by atoms with Crippen molar-refractivity contribution in [3.63, 3.8) is 0 Å². The summed E-state index contributed by atoms with van der Waals surface area (Å²) < 4.78 is 25.2. The molecule has 1 aromatic rings. The first-order chi connectivity index (χ1) is 8.09. The first kappa shape index (κ1) is 10.1. The lowest BCUT2D eigenvalue weighted by atomic mass is 10.1. The molecular formula is C14H16O2S. The zero-order valence-corrected chi connectivity index (χ0v) is 10.7. The number of aryl methyl sites for hydroxylation is 1. The van der Waals surface area contributed by atoms with Gasteiger partial charge in [0, 0.05) is 0 Å². The van der Waals surface area contributed by atoms with Crippen LogP contribution in [0.15, 0.2) is 29.2 Å². The lowest BCUT2D eigenvalue weighted by Gasteiger charge is -2.15. The van der Waals surface area contributed by atoms with Crippen LogP contribution in [0.3, 0.4) is 0 Å². The van der Waals surface area contributed by atoms with Crippen LogP contribution in [-0.4, -0.2) is 13.7 Å². The van der Waals surface area contributed by atoms with Crippen molar-refractivity contribution in [1.29, 1.82) is 0 Å². The number of benzene rings is 1. The van der Waals surface area contributed by atoms with E-state index < -0.39 is 9.84 Å². The van der Waals surface area contributed by atoms with Crippen molar-refractivity contribution in [3.05, 3.63) is 29.8 Å². The van der Waals surface area contributed by atoms with Gasteiger partial charge in [0.2, 0.25) is 0 Å². The maximum Gasteiger partial charge on any atom is 0.181 e. The first-order valence-corrected chi connectivity index (χ1v) is 7.94. The molecule has 0 spiro atoms. The zero-order valence-electron chi connectivity index (χ0n) is 9.84. The summed E-state index contributed by atoms with van der Waals surface area (Å²) in [5, 5.41) is -0.0554. The summed E-state index contributed by atoms with van der Waals surface area (Å²) in [5.41, 5.74) is 1.11. The zero-order chi connectivity index (χ0) is 11.8. The molecule has 90 valence electrons. The van der Waals surface area contributed by atoms with Crippen LogP contribution < -0.4 is 0 Å². The molecule has 4 bridgehead atoms. The number of hydrogen-bond donors (Lipinski definition) is 0. The van der Waals surface area contributed by atoms with Crippen molar-refractivity contribution in [3.8, 4) is 0 Å². The van der Waals surface area contributed by atoms with E-state index in [0.717, 1.165) is 17.4 Å². The van der Waals surface area contributed by atoms with Crippen molar-refractivity contribution < 1.29 is 8.42 Å². The van der Waals surface area contributed by atoms with Crippen LogP contribution in [0.2, 0.25) is 0 Å². The van der Waals surface area contributed by atoms with Gasteiger partial charge in [-0.25, -0.2) is 8.42 Å². The van der Waals surface area contributed by atoms with Crippen LogP contribution in [0.1, 0.15) is 18.4 Å². The third-order valence-electron chi connectivity index (χ3n) is 5.10. The molecule has 3 heteroatoms. The minimum Gasteiger partial charge on any atom is -0.223 e. The van der Waals surface area contributed by atoms with Crippen LogP contribution in [0.4, 0.5) is 0 Å². The van der Waals surface area contributed by atoms with E-state index in [1.165, 1.54) is 12.8 Å².